The normalized spacial score (nSPS) is 10.9. The number of nitrogens with zero attached hydrogens (tertiary/aromatic N) is 1. The van der Waals surface area contributed by atoms with E-state index in [2.05, 4.69) is 6.07 Å². The third-order valence-electron chi connectivity index (χ3n) is 1.98. The zero-order chi connectivity index (χ0) is 10.4. The Balaban J connectivity index is 2.62. The van der Waals surface area contributed by atoms with E-state index < -0.39 is 6.69 Å². The van der Waals surface area contributed by atoms with E-state index in [0.29, 0.717) is 6.42 Å². The predicted octanol–water partition coefficient (Wildman–Crippen LogP) is 3.12. The maximum Gasteiger partial charge on any atom is 0.280 e. The van der Waals surface area contributed by atoms with Crippen LogP contribution in [0.5, 0.6) is 0 Å². The van der Waals surface area contributed by atoms with Crippen LogP contribution >= 0.6 is 22.2 Å². The summed E-state index contributed by atoms with van der Waals surface area (Å²) in [5, 5.41) is 9.44. The second-order valence-electron chi connectivity index (χ2n) is 3.08. The highest BCUT2D eigenvalue weighted by Gasteiger charge is 2.29. The van der Waals surface area contributed by atoms with Gasteiger partial charge in [0, 0.05) is 6.42 Å². The Bertz CT molecular complexity index is 319. The van der Waals surface area contributed by atoms with Gasteiger partial charge in [-0.2, -0.15) is 5.26 Å². The molecule has 4 heteroatoms. The van der Waals surface area contributed by atoms with Gasteiger partial charge in [-0.25, -0.2) is 0 Å². The average molecular weight is 244 g/mol. The molecule has 74 valence electrons. The van der Waals surface area contributed by atoms with Crippen molar-refractivity contribution in [1.29, 1.82) is 5.26 Å². The fraction of sp³-hybridized carbons (Fsp3) is 0.300. The lowest BCUT2D eigenvalue weighted by atomic mass is 10.4. The van der Waals surface area contributed by atoms with Crippen LogP contribution in [0.25, 0.3) is 0 Å². The predicted molar refractivity (Wildman–Crippen MR) is 63.2 cm³/mol. The summed E-state index contributed by atoms with van der Waals surface area (Å²) in [7, 11) is 0. The first-order valence-electron chi connectivity index (χ1n) is 4.47. The second-order valence-corrected chi connectivity index (χ2v) is 10.0. The SMILES string of the molecule is N#CCCC[Si](Cl)(Cl)c1ccccc1. The Morgan fingerprint density at radius 1 is 1.21 bits per heavy atom. The number of hydrogen-bond acceptors (Lipinski definition) is 1. The van der Waals surface area contributed by atoms with Crippen molar-refractivity contribution in [3.05, 3.63) is 30.3 Å². The molecule has 0 atom stereocenters. The lowest BCUT2D eigenvalue weighted by Crippen LogP contribution is -2.35. The first-order chi connectivity index (χ1) is 6.67. The van der Waals surface area contributed by atoms with Crippen LogP contribution in [-0.4, -0.2) is 6.69 Å². The molecule has 0 saturated carbocycles. The number of benzene rings is 1. The van der Waals surface area contributed by atoms with Crippen LogP contribution in [0.1, 0.15) is 12.8 Å². The third kappa shape index (κ3) is 3.34. The van der Waals surface area contributed by atoms with Crippen LogP contribution in [0.4, 0.5) is 0 Å². The molecule has 1 nitrogen and oxygen atoms in total. The minimum atomic E-state index is -2.32. The quantitative estimate of drug-likeness (QED) is 0.453. The molecule has 0 unspecified atom stereocenters. The van der Waals surface area contributed by atoms with Gasteiger partial charge >= 0.3 is 0 Å². The molecule has 0 fully saturated rings. The van der Waals surface area contributed by atoms with Crippen molar-refractivity contribution in [2.45, 2.75) is 18.9 Å². The minimum Gasteiger partial charge on any atom is -0.198 e. The van der Waals surface area contributed by atoms with Crippen LogP contribution in [-0.2, 0) is 0 Å². The summed E-state index contributed by atoms with van der Waals surface area (Å²) in [5.41, 5.74) is 0. The van der Waals surface area contributed by atoms with Crippen molar-refractivity contribution in [2.24, 2.45) is 0 Å². The Kier molecular flexibility index (Phi) is 4.47. The van der Waals surface area contributed by atoms with Crippen LogP contribution in [0.15, 0.2) is 30.3 Å². The largest absolute Gasteiger partial charge is 0.280 e. The van der Waals surface area contributed by atoms with E-state index >= 15 is 0 Å². The highest BCUT2D eigenvalue weighted by molar-refractivity contribution is 7.50. The van der Waals surface area contributed by atoms with Gasteiger partial charge in [-0.15, -0.1) is 22.2 Å². The van der Waals surface area contributed by atoms with Gasteiger partial charge in [-0.1, -0.05) is 30.3 Å². The summed E-state index contributed by atoms with van der Waals surface area (Å²) >= 11 is 12.6. The molecule has 1 aromatic rings. The Hall–Kier alpha value is -0.493. The Labute approximate surface area is 94.7 Å². The van der Waals surface area contributed by atoms with E-state index in [1.165, 1.54) is 0 Å². The highest BCUT2D eigenvalue weighted by Crippen LogP contribution is 2.22. The van der Waals surface area contributed by atoms with Gasteiger partial charge in [0.2, 0.25) is 0 Å². The monoisotopic (exact) mass is 243 g/mol. The molecule has 0 aliphatic heterocycles. The molecular weight excluding hydrogens is 233 g/mol. The smallest absolute Gasteiger partial charge is 0.198 e. The van der Waals surface area contributed by atoms with Crippen molar-refractivity contribution in [2.75, 3.05) is 0 Å². The molecule has 1 aromatic carbocycles. The zero-order valence-corrected chi connectivity index (χ0v) is 10.2. The van der Waals surface area contributed by atoms with Crippen molar-refractivity contribution in [3.63, 3.8) is 0 Å². The molecule has 0 N–H and O–H groups in total. The van der Waals surface area contributed by atoms with Crippen LogP contribution in [0.3, 0.4) is 0 Å². The molecule has 14 heavy (non-hydrogen) atoms. The zero-order valence-electron chi connectivity index (χ0n) is 7.71. The molecular formula is C10H11Cl2NSi. The molecule has 0 amide bonds. The summed E-state index contributed by atoms with van der Waals surface area (Å²) in [6.07, 6.45) is 1.31. The topological polar surface area (TPSA) is 23.8 Å². The van der Waals surface area contributed by atoms with Gasteiger partial charge in [-0.3, -0.25) is 0 Å². The van der Waals surface area contributed by atoms with E-state index in [1.54, 1.807) is 0 Å². The summed E-state index contributed by atoms with van der Waals surface area (Å²) < 4.78 is 0. The van der Waals surface area contributed by atoms with Gasteiger partial charge < -0.3 is 0 Å². The van der Waals surface area contributed by atoms with Gasteiger partial charge in [0.15, 0.2) is 0 Å². The number of nitriles is 1. The van der Waals surface area contributed by atoms with E-state index in [4.69, 9.17) is 27.4 Å². The molecule has 0 aromatic heterocycles. The molecule has 0 aliphatic rings. The first-order valence-corrected chi connectivity index (χ1v) is 8.70. The van der Waals surface area contributed by atoms with E-state index in [9.17, 15) is 0 Å². The van der Waals surface area contributed by atoms with Crippen molar-refractivity contribution >= 4 is 34.0 Å². The summed E-state index contributed by atoms with van der Waals surface area (Å²) in [5.74, 6) is 0. The second kappa shape index (κ2) is 5.40. The number of unbranched alkanes of at least 4 members (excludes halogenated alkanes) is 1. The summed E-state index contributed by atoms with van der Waals surface area (Å²) in [6, 6.07) is 12.6. The summed E-state index contributed by atoms with van der Waals surface area (Å²) in [4.78, 5) is 0. The Morgan fingerprint density at radius 2 is 1.86 bits per heavy atom. The van der Waals surface area contributed by atoms with E-state index in [-0.39, 0.29) is 0 Å². The van der Waals surface area contributed by atoms with E-state index in [0.717, 1.165) is 17.7 Å². The molecule has 0 heterocycles. The van der Waals surface area contributed by atoms with Crippen molar-refractivity contribution in [3.8, 4) is 6.07 Å². The number of halogens is 2. The van der Waals surface area contributed by atoms with Gasteiger partial charge in [0.05, 0.1) is 6.07 Å². The minimum absolute atomic E-state index is 0.529. The average Bonchev–Trinajstić information content (AvgIpc) is 2.19. The molecule has 1 rings (SSSR count). The molecule has 0 radical (unpaired) electrons. The maximum atomic E-state index is 8.41. The maximum absolute atomic E-state index is 8.41. The van der Waals surface area contributed by atoms with Crippen molar-refractivity contribution in [1.82, 2.24) is 0 Å². The fourth-order valence-electron chi connectivity index (χ4n) is 1.22. The molecule has 0 aliphatic carbocycles. The third-order valence-corrected chi connectivity index (χ3v) is 6.58. The van der Waals surface area contributed by atoms with Crippen LogP contribution < -0.4 is 5.19 Å². The number of rotatable bonds is 4. The van der Waals surface area contributed by atoms with E-state index in [1.807, 2.05) is 30.3 Å². The van der Waals surface area contributed by atoms with Gasteiger partial charge in [-0.05, 0) is 17.7 Å². The molecule has 0 bridgehead atoms. The summed E-state index contributed by atoms with van der Waals surface area (Å²) in [6.45, 7) is -2.32. The highest BCUT2D eigenvalue weighted by atomic mass is 35.7. The number of hydrogen-bond donors (Lipinski definition) is 0. The first kappa shape index (κ1) is 11.6. The van der Waals surface area contributed by atoms with Crippen molar-refractivity contribution < 1.29 is 0 Å². The fourth-order valence-corrected chi connectivity index (χ4v) is 4.36. The standard InChI is InChI=1S/C10H11Cl2NSi/c11-14(12,9-5-4-8-13)10-6-2-1-3-7-10/h1-3,6-7H,4-5,9H2. The molecule has 0 spiro atoms. The lowest BCUT2D eigenvalue weighted by Gasteiger charge is -2.15. The molecule has 0 saturated heterocycles. The van der Waals surface area contributed by atoms with Gasteiger partial charge in [0.25, 0.3) is 6.69 Å². The van der Waals surface area contributed by atoms with Crippen LogP contribution in [0.2, 0.25) is 6.04 Å². The van der Waals surface area contributed by atoms with Gasteiger partial charge in [0.1, 0.15) is 0 Å². The lowest BCUT2D eigenvalue weighted by molar-refractivity contribution is 0.958. The van der Waals surface area contributed by atoms with Crippen LogP contribution in [0, 0.1) is 11.3 Å². The Morgan fingerprint density at radius 3 is 2.43 bits per heavy atom.